The highest BCUT2D eigenvalue weighted by Crippen LogP contribution is 2.42. The Labute approximate surface area is 105 Å². The van der Waals surface area contributed by atoms with Crippen LogP contribution in [0, 0.1) is 0 Å². The van der Waals surface area contributed by atoms with Crippen molar-refractivity contribution in [3.05, 3.63) is 12.7 Å². The van der Waals surface area contributed by atoms with E-state index in [1.165, 1.54) is 17.2 Å². The van der Waals surface area contributed by atoms with Crippen LogP contribution in [0.2, 0.25) is 0 Å². The lowest BCUT2D eigenvalue weighted by Crippen LogP contribution is -2.35. The van der Waals surface area contributed by atoms with Gasteiger partial charge in [0.1, 0.15) is 24.1 Å². The van der Waals surface area contributed by atoms with Crippen LogP contribution in [-0.2, 0) is 0 Å². The summed E-state index contributed by atoms with van der Waals surface area (Å²) in [7, 11) is 0. The predicted octanol–water partition coefficient (Wildman–Crippen LogP) is -0.290. The molecule has 0 bridgehead atoms. The first-order valence-corrected chi connectivity index (χ1v) is 5.59. The molecule has 2 aromatic rings. The molecule has 0 aliphatic heterocycles. The number of rotatable bonds is 1. The normalized spacial score (nSPS) is 30.0. The Morgan fingerprint density at radius 3 is 2.68 bits per heavy atom. The van der Waals surface area contributed by atoms with Gasteiger partial charge in [0.25, 0.3) is 5.92 Å². The number of nitrogens with two attached hydrogens (primary N) is 1. The van der Waals surface area contributed by atoms with Crippen LogP contribution in [-0.4, -0.2) is 47.9 Å². The Bertz CT molecular complexity index is 631. The molecule has 2 aromatic heterocycles. The van der Waals surface area contributed by atoms with E-state index < -0.39 is 30.6 Å². The summed E-state index contributed by atoms with van der Waals surface area (Å²) in [6, 6.07) is -1.01. The Kier molecular flexibility index (Phi) is 2.44. The van der Waals surface area contributed by atoms with Crippen LogP contribution >= 0.6 is 0 Å². The number of aliphatic hydroxyl groups excluding tert-OH is 2. The summed E-state index contributed by atoms with van der Waals surface area (Å²) in [5.74, 6) is -3.22. The van der Waals surface area contributed by atoms with Crippen LogP contribution in [0.1, 0.15) is 12.5 Å². The maximum Gasteiger partial charge on any atom is 0.278 e. The highest BCUT2D eigenvalue weighted by atomic mass is 19.3. The second-order valence-corrected chi connectivity index (χ2v) is 4.55. The van der Waals surface area contributed by atoms with E-state index in [1.807, 2.05) is 0 Å². The zero-order chi connectivity index (χ0) is 13.8. The van der Waals surface area contributed by atoms with Gasteiger partial charge in [0.15, 0.2) is 11.5 Å². The highest BCUT2D eigenvalue weighted by molar-refractivity contribution is 5.81. The van der Waals surface area contributed by atoms with Crippen molar-refractivity contribution in [2.24, 2.45) is 0 Å². The molecule has 3 atom stereocenters. The molecule has 2 heterocycles. The molecule has 3 rings (SSSR count). The van der Waals surface area contributed by atoms with Gasteiger partial charge in [0.05, 0.1) is 12.4 Å². The lowest BCUT2D eigenvalue weighted by molar-refractivity contribution is -0.113. The number of aromatic nitrogens is 4. The van der Waals surface area contributed by atoms with E-state index in [0.717, 1.165) is 0 Å². The molecule has 0 saturated heterocycles. The molecule has 0 unspecified atom stereocenters. The van der Waals surface area contributed by atoms with E-state index in [-0.39, 0.29) is 17.0 Å². The zero-order valence-corrected chi connectivity index (χ0v) is 9.61. The molecule has 0 spiro atoms. The molecule has 1 fully saturated rings. The Morgan fingerprint density at radius 1 is 1.32 bits per heavy atom. The van der Waals surface area contributed by atoms with Gasteiger partial charge in [-0.15, -0.1) is 0 Å². The fraction of sp³-hybridized carbons (Fsp3) is 0.500. The summed E-state index contributed by atoms with van der Waals surface area (Å²) in [6.07, 6.45) is -1.94. The number of halogens is 2. The monoisotopic (exact) mass is 271 g/mol. The van der Waals surface area contributed by atoms with E-state index in [4.69, 9.17) is 5.73 Å². The van der Waals surface area contributed by atoms with Crippen molar-refractivity contribution in [2.45, 2.75) is 30.6 Å². The third-order valence-corrected chi connectivity index (χ3v) is 3.38. The molecular weight excluding hydrogens is 260 g/mol. The van der Waals surface area contributed by atoms with Gasteiger partial charge in [-0.1, -0.05) is 0 Å². The van der Waals surface area contributed by atoms with Crippen molar-refractivity contribution in [2.75, 3.05) is 5.73 Å². The molecule has 19 heavy (non-hydrogen) atoms. The van der Waals surface area contributed by atoms with Crippen molar-refractivity contribution in [1.29, 1.82) is 0 Å². The highest BCUT2D eigenvalue weighted by Gasteiger charge is 2.55. The number of hydrogen-bond donors (Lipinski definition) is 3. The second-order valence-electron chi connectivity index (χ2n) is 4.55. The SMILES string of the molecule is Nc1ncnc2c1ncn2[C@H]1CC(F)(F)[C@H](O)[C@@H]1O. The van der Waals surface area contributed by atoms with Gasteiger partial charge in [-0.25, -0.2) is 23.7 Å². The molecule has 4 N–H and O–H groups in total. The molecule has 0 aromatic carbocycles. The van der Waals surface area contributed by atoms with Crippen molar-refractivity contribution in [3.8, 4) is 0 Å². The summed E-state index contributed by atoms with van der Waals surface area (Å²) in [5.41, 5.74) is 6.13. The van der Waals surface area contributed by atoms with Crippen molar-refractivity contribution >= 4 is 17.0 Å². The van der Waals surface area contributed by atoms with Crippen molar-refractivity contribution < 1.29 is 19.0 Å². The molecule has 7 nitrogen and oxygen atoms in total. The minimum Gasteiger partial charge on any atom is -0.388 e. The van der Waals surface area contributed by atoms with Crippen LogP contribution in [0.4, 0.5) is 14.6 Å². The summed E-state index contributed by atoms with van der Waals surface area (Å²) in [6.45, 7) is 0. The first kappa shape index (κ1) is 12.2. The molecule has 0 amide bonds. The molecule has 1 aliphatic carbocycles. The number of alkyl halides is 2. The number of nitrogens with zero attached hydrogens (tertiary/aromatic N) is 4. The van der Waals surface area contributed by atoms with Gasteiger partial charge in [-0.2, -0.15) is 0 Å². The first-order chi connectivity index (χ1) is 8.92. The minimum absolute atomic E-state index is 0.128. The Hall–Kier alpha value is -1.87. The van der Waals surface area contributed by atoms with Crippen LogP contribution in [0.25, 0.3) is 11.2 Å². The quantitative estimate of drug-likeness (QED) is 0.657. The Balaban J connectivity index is 2.09. The average Bonchev–Trinajstić information content (AvgIpc) is 2.86. The number of anilines is 1. The minimum atomic E-state index is -3.35. The van der Waals surface area contributed by atoms with Gasteiger partial charge in [-0.05, 0) is 0 Å². The third-order valence-electron chi connectivity index (χ3n) is 3.38. The molecule has 1 aliphatic rings. The first-order valence-electron chi connectivity index (χ1n) is 5.59. The van der Waals surface area contributed by atoms with E-state index in [0.29, 0.717) is 0 Å². The van der Waals surface area contributed by atoms with Gasteiger partial charge < -0.3 is 20.5 Å². The number of hydrogen-bond acceptors (Lipinski definition) is 6. The third kappa shape index (κ3) is 1.65. The fourth-order valence-corrected chi connectivity index (χ4v) is 2.36. The second kappa shape index (κ2) is 3.81. The molecule has 9 heteroatoms. The lowest BCUT2D eigenvalue weighted by atomic mass is 10.2. The van der Waals surface area contributed by atoms with Crippen molar-refractivity contribution in [3.63, 3.8) is 0 Å². The standard InChI is InChI=1S/C10H11F2N5O2/c11-10(12)1-4(6(18)7(10)19)17-3-16-5-8(13)14-2-15-9(5)17/h2-4,6-7,18-19H,1H2,(H2,13,14,15)/t4-,6+,7+/m0/s1. The van der Waals surface area contributed by atoms with Gasteiger partial charge in [-0.3, -0.25) is 0 Å². The van der Waals surface area contributed by atoms with Gasteiger partial charge >= 0.3 is 0 Å². The van der Waals surface area contributed by atoms with Crippen LogP contribution in [0.3, 0.4) is 0 Å². The van der Waals surface area contributed by atoms with Crippen LogP contribution in [0.5, 0.6) is 0 Å². The lowest BCUT2D eigenvalue weighted by Gasteiger charge is -2.17. The largest absolute Gasteiger partial charge is 0.388 e. The molecular formula is C10H11F2N5O2. The van der Waals surface area contributed by atoms with E-state index in [9.17, 15) is 19.0 Å². The number of nitrogen functional groups attached to an aromatic ring is 1. The smallest absolute Gasteiger partial charge is 0.278 e. The molecule has 0 radical (unpaired) electrons. The maximum absolute atomic E-state index is 13.4. The fourth-order valence-electron chi connectivity index (χ4n) is 2.36. The number of imidazole rings is 1. The number of aliphatic hydroxyl groups is 2. The summed E-state index contributed by atoms with van der Waals surface area (Å²) >= 11 is 0. The zero-order valence-electron chi connectivity index (χ0n) is 9.61. The predicted molar refractivity (Wildman–Crippen MR) is 60.4 cm³/mol. The van der Waals surface area contributed by atoms with E-state index in [1.54, 1.807) is 0 Å². The molecule has 1 saturated carbocycles. The maximum atomic E-state index is 13.4. The van der Waals surface area contributed by atoms with E-state index in [2.05, 4.69) is 15.0 Å². The van der Waals surface area contributed by atoms with Gasteiger partial charge in [0.2, 0.25) is 0 Å². The topological polar surface area (TPSA) is 110 Å². The average molecular weight is 271 g/mol. The summed E-state index contributed by atoms with van der Waals surface area (Å²) in [5, 5.41) is 19.1. The Morgan fingerprint density at radius 2 is 2.05 bits per heavy atom. The van der Waals surface area contributed by atoms with Crippen LogP contribution < -0.4 is 5.73 Å². The molecule has 102 valence electrons. The summed E-state index contributed by atoms with van der Waals surface area (Å²) in [4.78, 5) is 11.6. The summed E-state index contributed by atoms with van der Waals surface area (Å²) < 4.78 is 28.1. The number of fused-ring (bicyclic) bond motifs is 1. The van der Waals surface area contributed by atoms with E-state index >= 15 is 0 Å². The van der Waals surface area contributed by atoms with Crippen molar-refractivity contribution in [1.82, 2.24) is 19.5 Å². The van der Waals surface area contributed by atoms with Crippen LogP contribution in [0.15, 0.2) is 12.7 Å². The van der Waals surface area contributed by atoms with Gasteiger partial charge in [0, 0.05) is 6.42 Å².